The maximum Gasteiger partial charge on any atom is 0.436 e. The summed E-state index contributed by atoms with van der Waals surface area (Å²) >= 11 is 0. The molecule has 0 radical (unpaired) electrons. The normalized spacial score (nSPS) is 10.5. The van der Waals surface area contributed by atoms with Crippen LogP contribution in [0.2, 0.25) is 0 Å². The van der Waals surface area contributed by atoms with Crippen LogP contribution in [0.1, 0.15) is 38.5 Å². The highest BCUT2D eigenvalue weighted by Crippen LogP contribution is 2.34. The average molecular weight is 855 g/mol. The molecule has 1 atom stereocenters. The van der Waals surface area contributed by atoms with Gasteiger partial charge in [0, 0.05) is 0 Å². The van der Waals surface area contributed by atoms with E-state index < -0.39 is 108 Å². The van der Waals surface area contributed by atoms with Gasteiger partial charge < -0.3 is 61.3 Å². The van der Waals surface area contributed by atoms with Gasteiger partial charge in [0.2, 0.25) is 0 Å². The van der Waals surface area contributed by atoms with Crippen LogP contribution in [0.25, 0.3) is 0 Å². The number of allylic oxidation sites excluding steroid dienone is 2. The van der Waals surface area contributed by atoms with Crippen molar-refractivity contribution in [2.24, 2.45) is 11.8 Å². The average Bonchev–Trinajstić information content (AvgIpc) is 3.02. The minimum absolute atomic E-state index is 0.0370. The Balaban J connectivity index is -0.000000138. The Labute approximate surface area is 310 Å². The van der Waals surface area contributed by atoms with Gasteiger partial charge in [0.05, 0.1) is 25.2 Å². The maximum absolute atomic E-state index is 11.8. The van der Waals surface area contributed by atoms with E-state index in [0.29, 0.717) is 0 Å². The van der Waals surface area contributed by atoms with E-state index in [4.69, 9.17) is 61.3 Å². The minimum Gasteiger partial charge on any atom is -0.481 e. The summed E-state index contributed by atoms with van der Waals surface area (Å²) in [6, 6.07) is 0. The largest absolute Gasteiger partial charge is 0.481 e. The first-order chi connectivity index (χ1) is 25.4. The second-order valence-corrected chi connectivity index (χ2v) is 9.11. The molecule has 0 saturated heterocycles. The van der Waals surface area contributed by atoms with E-state index in [0.717, 1.165) is 0 Å². The number of carbonyl (C=O) groups is 12. The topological polar surface area (TPSA) is 448 Å². The van der Waals surface area contributed by atoms with Crippen molar-refractivity contribution in [1.29, 1.82) is 0 Å². The van der Waals surface area contributed by atoms with E-state index in [1.165, 1.54) is 12.2 Å². The zero-order valence-electron chi connectivity index (χ0n) is 28.0. The Hall–Kier alpha value is -7.30. The molecule has 0 aromatic heterocycles. The first kappa shape index (κ1) is 61.7. The highest BCUT2D eigenvalue weighted by Gasteiger charge is 2.68. The molecule has 0 fully saturated rings. The number of hydrogen-bond donors (Lipinski definition) is 12. The quantitative estimate of drug-likeness (QED) is 0.0485. The van der Waals surface area contributed by atoms with E-state index in [2.05, 4.69) is 13.2 Å². The van der Waals surface area contributed by atoms with Gasteiger partial charge in [-0.2, -0.15) is 26.3 Å². The van der Waals surface area contributed by atoms with Gasteiger partial charge in [0.1, 0.15) is 6.42 Å². The predicted molar refractivity (Wildman–Crippen MR) is 162 cm³/mol. The van der Waals surface area contributed by atoms with Crippen LogP contribution in [-0.2, 0) is 57.5 Å². The van der Waals surface area contributed by atoms with Crippen molar-refractivity contribution in [3.05, 3.63) is 25.3 Å². The molecule has 0 aliphatic carbocycles. The van der Waals surface area contributed by atoms with E-state index in [9.17, 15) is 83.9 Å². The highest BCUT2D eigenvalue weighted by molar-refractivity contribution is 5.99. The Bertz CT molecular complexity index is 1390. The summed E-state index contributed by atoms with van der Waals surface area (Å²) in [5.74, 6) is -39.4. The summed E-state index contributed by atoms with van der Waals surface area (Å²) < 4.78 is 70.3. The summed E-state index contributed by atoms with van der Waals surface area (Å²) in [7, 11) is 0. The molecule has 0 heterocycles. The van der Waals surface area contributed by atoms with Crippen molar-refractivity contribution in [3.63, 3.8) is 0 Å². The monoisotopic (exact) mass is 854 g/mol. The van der Waals surface area contributed by atoms with Crippen molar-refractivity contribution in [2.45, 2.75) is 56.3 Å². The lowest BCUT2D eigenvalue weighted by Gasteiger charge is -2.17. The van der Waals surface area contributed by atoms with Crippen LogP contribution in [-0.4, -0.2) is 151 Å². The summed E-state index contributed by atoms with van der Waals surface area (Å²) in [4.78, 5) is 116. The predicted octanol–water partition coefficient (Wildman–Crippen LogP) is 0.785. The highest BCUT2D eigenvalue weighted by atomic mass is 19.3. The third kappa shape index (κ3) is 33.0. The molecule has 30 heteroatoms. The maximum atomic E-state index is 11.8. The summed E-state index contributed by atoms with van der Waals surface area (Å²) in [6.45, 7) is 6.57. The van der Waals surface area contributed by atoms with Gasteiger partial charge in [-0.15, -0.1) is 13.2 Å². The molecule has 24 nitrogen and oxygen atoms in total. The van der Waals surface area contributed by atoms with Crippen LogP contribution in [0, 0.1) is 11.8 Å². The van der Waals surface area contributed by atoms with Crippen molar-refractivity contribution < 1.29 is 145 Å². The molecule has 326 valence electrons. The molecule has 0 rings (SSSR count). The summed E-state index contributed by atoms with van der Waals surface area (Å²) in [5, 5.41) is 94.4. The molecule has 0 saturated carbocycles. The zero-order chi connectivity index (χ0) is 47.2. The van der Waals surface area contributed by atoms with Crippen LogP contribution >= 0.6 is 0 Å². The molecule has 0 aliphatic rings. The van der Waals surface area contributed by atoms with Crippen LogP contribution in [0.5, 0.6) is 0 Å². The second kappa shape index (κ2) is 30.1. The van der Waals surface area contributed by atoms with Gasteiger partial charge in [0.25, 0.3) is 0 Å². The molecule has 12 N–H and O–H groups in total. The molecule has 0 aromatic carbocycles. The third-order valence-corrected chi connectivity index (χ3v) is 4.54. The molecular weight excluding hydrogens is 822 g/mol. The molecule has 1 unspecified atom stereocenters. The Morgan fingerprint density at radius 3 is 0.842 bits per heavy atom. The zero-order valence-corrected chi connectivity index (χ0v) is 28.0. The van der Waals surface area contributed by atoms with Crippen LogP contribution in [0.3, 0.4) is 0 Å². The Morgan fingerprint density at radius 2 is 0.737 bits per heavy atom. The van der Waals surface area contributed by atoms with Gasteiger partial charge in [-0.3, -0.25) is 38.4 Å². The number of aliphatic carboxylic acids is 12. The Kier molecular flexibility index (Phi) is 32.6. The number of rotatable bonds is 19. The Morgan fingerprint density at radius 1 is 0.439 bits per heavy atom. The van der Waals surface area contributed by atoms with E-state index >= 15 is 0 Å². The number of carboxylic acid groups (broad SMARTS) is 12. The van der Waals surface area contributed by atoms with E-state index in [-0.39, 0.29) is 32.1 Å². The number of halogens is 6. The van der Waals surface area contributed by atoms with Gasteiger partial charge >= 0.3 is 89.4 Å². The van der Waals surface area contributed by atoms with Crippen LogP contribution < -0.4 is 0 Å². The number of hydrogen-bond acceptors (Lipinski definition) is 12. The molecule has 57 heavy (non-hydrogen) atoms. The SMILES string of the molecule is C=CCC(C(=O)O)C(=O)O.C=CCC(CC(=O)O)C(=O)O.O=C(O)C(F)(F)C(=O)O.O=C(O)C(F)(F)C(F)(F)C(=O)O.O=C(O)CC(=O)O.O=C(O)CCC(=O)O. The lowest BCUT2D eigenvalue weighted by molar-refractivity contribution is -0.231. The minimum atomic E-state index is -5.60. The fourth-order valence-corrected chi connectivity index (χ4v) is 1.86. The second-order valence-electron chi connectivity index (χ2n) is 9.11. The fraction of sp³-hybridized carbons (Fsp3) is 0.407. The van der Waals surface area contributed by atoms with Crippen molar-refractivity contribution in [3.8, 4) is 0 Å². The fourth-order valence-electron chi connectivity index (χ4n) is 1.86. The number of carboxylic acids is 12. The molecular formula is C27H32F6O24. The standard InChI is InChI=1S/C7H10O4.C6H8O4.C4H2F4O4.C4H6O4.C3H2F2O4.C3H4O4/c1-2-3-5(7(10)11)4-6(8)9;1-2-3-4(5(7)8)6(9)10;5-3(6,1(9)10)4(7,8)2(11)12;5-3(6)1-2-4(7)8;4-3(5,1(6)7)2(8)9;4-2(5)1-3(6)7/h2,5H,1,3-4H2,(H,8,9)(H,10,11);2,4H,1,3H2,(H,7,8)(H,9,10);(H,9,10)(H,11,12);1-2H2,(H,5,6)(H,7,8);(H,6,7)(H,8,9);1H2,(H,4,5)(H,6,7). The van der Waals surface area contributed by atoms with Gasteiger partial charge in [0.15, 0.2) is 5.92 Å². The first-order valence-corrected chi connectivity index (χ1v) is 13.5. The molecule has 0 aliphatic heterocycles. The number of alkyl halides is 6. The third-order valence-electron chi connectivity index (χ3n) is 4.54. The van der Waals surface area contributed by atoms with Crippen LogP contribution in [0.15, 0.2) is 25.3 Å². The molecule has 0 aromatic rings. The van der Waals surface area contributed by atoms with Crippen LogP contribution in [0.4, 0.5) is 26.3 Å². The molecule has 0 amide bonds. The molecule has 0 bridgehead atoms. The van der Waals surface area contributed by atoms with Gasteiger partial charge in [-0.25, -0.2) is 19.2 Å². The lowest BCUT2D eigenvalue weighted by atomic mass is 10.0. The first-order valence-electron chi connectivity index (χ1n) is 13.5. The van der Waals surface area contributed by atoms with E-state index in [1.54, 1.807) is 0 Å². The lowest BCUT2D eigenvalue weighted by Crippen LogP contribution is -2.52. The summed E-state index contributed by atoms with van der Waals surface area (Å²) in [5.41, 5.74) is 0. The van der Waals surface area contributed by atoms with Crippen molar-refractivity contribution in [1.82, 2.24) is 0 Å². The summed E-state index contributed by atoms with van der Waals surface area (Å²) in [6.07, 6.45) is 1.09. The molecule has 0 spiro atoms. The van der Waals surface area contributed by atoms with Gasteiger partial charge in [-0.1, -0.05) is 12.2 Å². The van der Waals surface area contributed by atoms with E-state index in [1.807, 2.05) is 0 Å². The van der Waals surface area contributed by atoms with Crippen molar-refractivity contribution >= 4 is 71.6 Å². The van der Waals surface area contributed by atoms with Gasteiger partial charge in [-0.05, 0) is 12.8 Å². The van der Waals surface area contributed by atoms with Crippen molar-refractivity contribution in [2.75, 3.05) is 0 Å². The smallest absolute Gasteiger partial charge is 0.436 e.